The van der Waals surface area contributed by atoms with Gasteiger partial charge in [0.1, 0.15) is 5.69 Å². The lowest BCUT2D eigenvalue weighted by molar-refractivity contribution is 0.0519. The number of ketones is 1. The van der Waals surface area contributed by atoms with Crippen LogP contribution in [-0.4, -0.2) is 33.3 Å². The molecule has 2 aliphatic heterocycles. The van der Waals surface area contributed by atoms with Crippen LogP contribution >= 0.6 is 0 Å². The van der Waals surface area contributed by atoms with Crippen molar-refractivity contribution in [1.29, 1.82) is 0 Å². The summed E-state index contributed by atoms with van der Waals surface area (Å²) in [5.41, 5.74) is 1.14. The first kappa shape index (κ1) is 17.5. The van der Waals surface area contributed by atoms with Crippen molar-refractivity contribution in [1.82, 2.24) is 15.0 Å². The van der Waals surface area contributed by atoms with Crippen LogP contribution in [0.3, 0.4) is 0 Å². The topological polar surface area (TPSA) is 108 Å². The van der Waals surface area contributed by atoms with Gasteiger partial charge in [-0.2, -0.15) is 0 Å². The zero-order valence-electron chi connectivity index (χ0n) is 14.8. The van der Waals surface area contributed by atoms with E-state index >= 15 is 0 Å². The number of H-pyrrole nitrogens is 3. The summed E-state index contributed by atoms with van der Waals surface area (Å²) in [5.74, 6) is -0.755. The molecule has 3 rings (SSSR count). The van der Waals surface area contributed by atoms with Crippen LogP contribution in [-0.2, 0) is 4.74 Å². The Labute approximate surface area is 148 Å². The van der Waals surface area contributed by atoms with Crippen molar-refractivity contribution in [2.75, 3.05) is 6.61 Å². The van der Waals surface area contributed by atoms with E-state index in [-0.39, 0.29) is 23.6 Å². The molecule has 0 bridgehead atoms. The van der Waals surface area contributed by atoms with Crippen molar-refractivity contribution < 1.29 is 14.3 Å². The summed E-state index contributed by atoms with van der Waals surface area (Å²) in [6.07, 6.45) is 1.56. The first-order valence-electron chi connectivity index (χ1n) is 8.15. The van der Waals surface area contributed by atoms with Crippen molar-refractivity contribution in [3.8, 4) is 0 Å². The normalized spacial score (nSPS) is 11.9. The van der Waals surface area contributed by atoms with Gasteiger partial charge in [0.05, 0.1) is 28.2 Å². The van der Waals surface area contributed by atoms with E-state index in [0.717, 1.165) is 0 Å². The van der Waals surface area contributed by atoms with Crippen LogP contribution in [0, 0.1) is 17.6 Å². The quantitative estimate of drug-likeness (QED) is 0.473. The molecule has 3 heterocycles. The minimum atomic E-state index is -0.542. The first-order chi connectivity index (χ1) is 12.3. The largest absolute Gasteiger partial charge is 0.461 e. The lowest BCUT2D eigenvalue weighted by Gasteiger charge is -2.00. The molecular formula is C19H19N3O4. The van der Waals surface area contributed by atoms with Gasteiger partial charge < -0.3 is 19.7 Å². The minimum Gasteiger partial charge on any atom is -0.461 e. The lowest BCUT2D eigenvalue weighted by Crippen LogP contribution is -2.24. The Hall–Kier alpha value is -3.35. The average Bonchev–Trinajstić information content (AvgIpc) is 3.05. The molecule has 134 valence electrons. The van der Waals surface area contributed by atoms with Gasteiger partial charge in [-0.15, -0.1) is 0 Å². The fraction of sp³-hybridized carbons (Fsp3) is 0.211. The van der Waals surface area contributed by atoms with Crippen LogP contribution in [0.25, 0.3) is 12.7 Å². The molecule has 0 aliphatic carbocycles. The first-order valence-corrected chi connectivity index (χ1v) is 8.15. The number of aromatic nitrogens is 3. The molecule has 0 amide bonds. The zero-order chi connectivity index (χ0) is 19.0. The summed E-state index contributed by atoms with van der Waals surface area (Å²) >= 11 is 0. The Balaban J connectivity index is 2.34. The minimum absolute atomic E-state index is 0.206. The number of Topliss-reactive ketones (excluding diaryl/α,β-unsaturated/α-hetero) is 1. The molecule has 0 fully saturated rings. The molecule has 2 aliphatic rings. The molecule has 0 unspecified atom stereocenters. The highest BCUT2D eigenvalue weighted by atomic mass is 16.5. The fourth-order valence-electron chi connectivity index (χ4n) is 3.03. The summed E-state index contributed by atoms with van der Waals surface area (Å²) in [4.78, 5) is 45.3. The Morgan fingerprint density at radius 2 is 1.96 bits per heavy atom. The van der Waals surface area contributed by atoms with Crippen LogP contribution in [0.1, 0.15) is 46.0 Å². The second-order valence-electron chi connectivity index (χ2n) is 5.97. The number of carbonyl (C=O) groups excluding carboxylic acids is 2. The second kappa shape index (κ2) is 6.51. The number of rotatable bonds is 4. The lowest BCUT2D eigenvalue weighted by atomic mass is 10.1. The Morgan fingerprint density at radius 1 is 1.23 bits per heavy atom. The molecule has 0 spiro atoms. The Bertz CT molecular complexity index is 1240. The van der Waals surface area contributed by atoms with Gasteiger partial charge in [0, 0.05) is 10.9 Å². The van der Waals surface area contributed by atoms with Gasteiger partial charge in [0.25, 0.3) is 5.56 Å². The van der Waals surface area contributed by atoms with Gasteiger partial charge in [-0.25, -0.2) is 4.79 Å². The smallest absolute Gasteiger partial charge is 0.355 e. The van der Waals surface area contributed by atoms with Crippen molar-refractivity contribution in [3.63, 3.8) is 0 Å². The summed E-state index contributed by atoms with van der Waals surface area (Å²) < 4.78 is 5.02. The predicted molar refractivity (Wildman–Crippen MR) is 96.5 cm³/mol. The SMILES string of the molecule is C=c1ccc2[nH]c(=O)c(=Cc3[nH]c(C(=O)OCC)c(C)c3C(C)=O)c=2[nH]1. The highest BCUT2D eigenvalue weighted by Crippen LogP contribution is 2.20. The van der Waals surface area contributed by atoms with Crippen molar-refractivity contribution in [3.05, 3.63) is 66.3 Å². The number of hydrogen-bond acceptors (Lipinski definition) is 4. The van der Waals surface area contributed by atoms with E-state index in [9.17, 15) is 14.4 Å². The molecule has 0 saturated heterocycles. The standard InChI is InChI=1S/C19H19N3O4/c1-5-26-19(25)16-10(3)15(11(4)23)14(21-16)8-12-17-13(22-18(12)24)7-6-9(2)20-17/h6-8,20-21H,2,5H2,1,3-4H3,(H,22,24). The predicted octanol–water partition coefficient (Wildman–Crippen LogP) is 0.683. The number of hydrogen-bond donors (Lipinski definition) is 3. The average molecular weight is 353 g/mol. The van der Waals surface area contributed by atoms with Crippen LogP contribution in [0.15, 0.2) is 16.9 Å². The molecular weight excluding hydrogens is 334 g/mol. The molecule has 1 aromatic heterocycles. The summed E-state index contributed by atoms with van der Waals surface area (Å²) in [6.45, 7) is 8.84. The summed E-state index contributed by atoms with van der Waals surface area (Å²) in [5, 5.41) is 2.21. The van der Waals surface area contributed by atoms with Gasteiger partial charge in [0.2, 0.25) is 0 Å². The zero-order valence-corrected chi connectivity index (χ0v) is 14.8. The molecule has 0 saturated carbocycles. The third-order valence-electron chi connectivity index (χ3n) is 4.17. The van der Waals surface area contributed by atoms with Crippen LogP contribution < -0.4 is 16.1 Å². The maximum atomic E-state index is 12.3. The molecule has 7 heteroatoms. The van der Waals surface area contributed by atoms with Crippen LogP contribution in [0.2, 0.25) is 0 Å². The van der Waals surface area contributed by atoms with E-state index in [1.807, 2.05) is 0 Å². The number of aromatic amines is 3. The highest BCUT2D eigenvalue weighted by molar-refractivity contribution is 6.02. The van der Waals surface area contributed by atoms with E-state index in [1.165, 1.54) is 6.92 Å². The van der Waals surface area contributed by atoms with E-state index in [2.05, 4.69) is 21.5 Å². The van der Waals surface area contributed by atoms with Gasteiger partial charge in [-0.05, 0) is 44.5 Å². The van der Waals surface area contributed by atoms with Crippen LogP contribution in [0.4, 0.5) is 0 Å². The number of carbonyl (C=O) groups is 2. The number of esters is 1. The van der Waals surface area contributed by atoms with E-state index in [1.54, 1.807) is 32.1 Å². The number of ether oxygens (including phenoxy) is 1. The van der Waals surface area contributed by atoms with Crippen molar-refractivity contribution in [2.24, 2.45) is 0 Å². The molecule has 3 N–H and O–H groups in total. The Kier molecular flexibility index (Phi) is 4.38. The van der Waals surface area contributed by atoms with Crippen molar-refractivity contribution in [2.45, 2.75) is 20.8 Å². The molecule has 0 radical (unpaired) electrons. The molecule has 1 aromatic rings. The molecule has 7 nitrogen and oxygen atoms in total. The summed E-state index contributed by atoms with van der Waals surface area (Å²) in [6, 6.07) is 3.50. The molecule has 26 heavy (non-hydrogen) atoms. The van der Waals surface area contributed by atoms with E-state index in [4.69, 9.17) is 4.74 Å². The monoisotopic (exact) mass is 353 g/mol. The third-order valence-corrected chi connectivity index (χ3v) is 4.17. The van der Waals surface area contributed by atoms with Crippen molar-refractivity contribution >= 4 is 24.4 Å². The Morgan fingerprint density at radius 3 is 2.62 bits per heavy atom. The van der Waals surface area contributed by atoms with Crippen LogP contribution in [0.5, 0.6) is 0 Å². The maximum absolute atomic E-state index is 12.3. The maximum Gasteiger partial charge on any atom is 0.355 e. The van der Waals surface area contributed by atoms with Gasteiger partial charge in [0.15, 0.2) is 5.78 Å². The second-order valence-corrected chi connectivity index (χ2v) is 5.97. The van der Waals surface area contributed by atoms with E-state index < -0.39 is 5.97 Å². The fourth-order valence-corrected chi connectivity index (χ4v) is 3.03. The van der Waals surface area contributed by atoms with Gasteiger partial charge >= 0.3 is 5.97 Å². The molecule has 0 atom stereocenters. The highest BCUT2D eigenvalue weighted by Gasteiger charge is 2.21. The summed E-state index contributed by atoms with van der Waals surface area (Å²) in [7, 11) is 0. The number of nitrogens with one attached hydrogen (secondary N) is 3. The van der Waals surface area contributed by atoms with Gasteiger partial charge in [-0.3, -0.25) is 9.59 Å². The van der Waals surface area contributed by atoms with Gasteiger partial charge in [-0.1, -0.05) is 6.58 Å². The third kappa shape index (κ3) is 2.88. The molecule has 0 aromatic carbocycles. The van der Waals surface area contributed by atoms with E-state index in [0.29, 0.717) is 38.1 Å².